The van der Waals surface area contributed by atoms with Gasteiger partial charge in [-0.25, -0.2) is 14.4 Å². The molecule has 0 aromatic heterocycles. The summed E-state index contributed by atoms with van der Waals surface area (Å²) >= 11 is 0. The quantitative estimate of drug-likeness (QED) is 0.0976. The van der Waals surface area contributed by atoms with Gasteiger partial charge in [-0.05, 0) is 36.7 Å². The van der Waals surface area contributed by atoms with Gasteiger partial charge in [0.1, 0.15) is 36.6 Å². The monoisotopic (exact) mass is 710 g/mol. The number of Topliss-reactive ketones (excluding diaryl/α,β-unsaturated/α-hetero) is 1. The molecule has 16 nitrogen and oxygen atoms in total. The number of rotatable bonds is 7. The second-order valence-corrected chi connectivity index (χ2v) is 15.1. The van der Waals surface area contributed by atoms with Crippen molar-refractivity contribution < 1.29 is 78.2 Å². The van der Waals surface area contributed by atoms with E-state index >= 15 is 0 Å². The Morgan fingerprint density at radius 1 is 1.06 bits per heavy atom. The van der Waals surface area contributed by atoms with Crippen LogP contribution in [0.15, 0.2) is 23.5 Å². The number of ether oxygens (including phenoxy) is 6. The molecule has 6 aliphatic rings. The summed E-state index contributed by atoms with van der Waals surface area (Å²) in [5.74, 6) is -7.88. The summed E-state index contributed by atoms with van der Waals surface area (Å²) in [6, 6.07) is 0. The molecular formula is C34H46O16. The van der Waals surface area contributed by atoms with Gasteiger partial charge in [0.2, 0.25) is 18.0 Å². The maximum absolute atomic E-state index is 13.8. The van der Waals surface area contributed by atoms with Gasteiger partial charge in [0, 0.05) is 23.3 Å². The molecular weight excluding hydrogens is 664 g/mol. The highest BCUT2D eigenvalue weighted by molar-refractivity contribution is 5.97. The van der Waals surface area contributed by atoms with E-state index in [1.54, 1.807) is 20.8 Å². The Morgan fingerprint density at radius 3 is 2.36 bits per heavy atom. The van der Waals surface area contributed by atoms with Crippen molar-refractivity contribution in [2.75, 3.05) is 20.3 Å². The first kappa shape index (κ1) is 36.8. The first-order valence-electron chi connectivity index (χ1n) is 16.8. The molecule has 6 N–H and O–H groups in total. The summed E-state index contributed by atoms with van der Waals surface area (Å²) < 4.78 is 34.4. The minimum atomic E-state index is -2.34. The van der Waals surface area contributed by atoms with Crippen molar-refractivity contribution in [3.8, 4) is 0 Å². The van der Waals surface area contributed by atoms with E-state index in [0.29, 0.717) is 5.57 Å². The number of carbonyl (C=O) groups is 4. The van der Waals surface area contributed by atoms with Gasteiger partial charge >= 0.3 is 17.9 Å². The first-order valence-corrected chi connectivity index (χ1v) is 16.8. The summed E-state index contributed by atoms with van der Waals surface area (Å²) in [6.07, 6.45) is -12.2. The molecule has 0 unspecified atom stereocenters. The lowest BCUT2D eigenvalue weighted by Crippen LogP contribution is -2.79. The number of methoxy groups -OCH3 is 1. The molecule has 2 bridgehead atoms. The molecule has 16 atom stereocenters. The molecule has 0 aromatic rings. The van der Waals surface area contributed by atoms with Crippen molar-refractivity contribution >= 4 is 23.7 Å². The Kier molecular flexibility index (Phi) is 9.29. The number of esters is 3. The Morgan fingerprint density at radius 2 is 1.74 bits per heavy atom. The average molecular weight is 711 g/mol. The summed E-state index contributed by atoms with van der Waals surface area (Å²) in [6.45, 7) is 7.69. The van der Waals surface area contributed by atoms with Gasteiger partial charge in [0.05, 0.1) is 32.3 Å². The third-order valence-corrected chi connectivity index (χ3v) is 12.4. The van der Waals surface area contributed by atoms with Crippen LogP contribution >= 0.6 is 0 Å². The molecule has 0 radical (unpaired) electrons. The lowest BCUT2D eigenvalue weighted by Gasteiger charge is -2.67. The Labute approximate surface area is 287 Å². The second kappa shape index (κ2) is 12.6. The number of fused-ring (bicyclic) bond motifs is 2. The van der Waals surface area contributed by atoms with Crippen LogP contribution in [0.2, 0.25) is 0 Å². The molecule has 0 amide bonds. The lowest BCUT2D eigenvalue weighted by atomic mass is 9.38. The highest BCUT2D eigenvalue weighted by Crippen LogP contribution is 2.72. The van der Waals surface area contributed by atoms with Gasteiger partial charge in [-0.15, -0.1) is 0 Å². The van der Waals surface area contributed by atoms with E-state index in [9.17, 15) is 49.8 Å². The minimum Gasteiger partial charge on any atom is -0.467 e. The maximum Gasteiger partial charge on any atom is 0.348 e. The molecule has 3 saturated heterocycles. The topological polar surface area (TPSA) is 245 Å². The fraction of sp³-hybridized carbons (Fsp3) is 0.765. The van der Waals surface area contributed by atoms with Gasteiger partial charge in [0.15, 0.2) is 11.5 Å². The van der Waals surface area contributed by atoms with Crippen LogP contribution in [0.1, 0.15) is 41.0 Å². The first-order chi connectivity index (χ1) is 23.4. The summed E-state index contributed by atoms with van der Waals surface area (Å²) in [4.78, 5) is 54.5. The van der Waals surface area contributed by atoms with Crippen LogP contribution in [0.3, 0.4) is 0 Å². The number of aliphatic hydroxyl groups is 6. The largest absolute Gasteiger partial charge is 0.467 e. The van der Waals surface area contributed by atoms with Crippen molar-refractivity contribution in [1.29, 1.82) is 0 Å². The van der Waals surface area contributed by atoms with Crippen LogP contribution in [0.4, 0.5) is 0 Å². The van der Waals surface area contributed by atoms with Crippen molar-refractivity contribution in [3.05, 3.63) is 23.5 Å². The molecule has 1 spiro atoms. The molecule has 0 aromatic carbocycles. The van der Waals surface area contributed by atoms with E-state index in [-0.39, 0.29) is 24.7 Å². The standard InChI is InChI=1S/C34H46O16/c1-12(2)13(3)7-19(36)50-25-27-33-11-46-34(27,31(44)45-6)28(42)24(41)26(33)32(5)9-16(20(37)14(4)15(32)8-18(33)49-29(25)43)47-30-23(40)22(39)21(38)17(10-35)48-30/h7,9,12,14-15,17-18,21-28,30,35,38-42H,8,10-11H2,1-6H3/t14-,15-,17+,18+,21+,22-,23+,24+,25+,26+,27+,28-,30+,32-,33+,34-/m0/s1. The normalized spacial score (nSPS) is 48.2. The molecule has 5 fully saturated rings. The molecule has 50 heavy (non-hydrogen) atoms. The number of hydrogen-bond acceptors (Lipinski definition) is 16. The van der Waals surface area contributed by atoms with Crippen LogP contribution in [0.25, 0.3) is 0 Å². The van der Waals surface area contributed by atoms with Crippen LogP contribution < -0.4 is 0 Å². The second-order valence-electron chi connectivity index (χ2n) is 15.1. The summed E-state index contributed by atoms with van der Waals surface area (Å²) in [7, 11) is 1.06. The highest BCUT2D eigenvalue weighted by Gasteiger charge is 2.85. The number of aliphatic hydroxyl groups excluding tert-OH is 6. The van der Waals surface area contributed by atoms with Gasteiger partial charge in [-0.3, -0.25) is 4.79 Å². The summed E-state index contributed by atoms with van der Waals surface area (Å²) in [5, 5.41) is 64.8. The third kappa shape index (κ3) is 4.94. The van der Waals surface area contributed by atoms with E-state index in [0.717, 1.165) is 7.11 Å². The SMILES string of the molecule is COC(=O)[C@@]12OC[C@]34[C@H]([C@@H](O)[C@@H]1O)[C@@]1(C)C=C(O[C@@H]5O[C@H](CO)[C@@H](O)[C@H](O)[C@H]5O)C(=O)[C@@H](C)[C@@H]1C[C@H]3OC(=O)[C@H](OC(=O)C=C(C)C(C)C)[C@@H]24. The predicted molar refractivity (Wildman–Crippen MR) is 164 cm³/mol. The fourth-order valence-corrected chi connectivity index (χ4v) is 9.69. The predicted octanol–water partition coefficient (Wildman–Crippen LogP) is -1.73. The van der Waals surface area contributed by atoms with Crippen LogP contribution in [0.5, 0.6) is 0 Å². The van der Waals surface area contributed by atoms with Crippen molar-refractivity contribution in [2.24, 2.45) is 40.4 Å². The zero-order valence-electron chi connectivity index (χ0n) is 28.6. The van der Waals surface area contributed by atoms with Crippen LogP contribution in [0, 0.1) is 40.4 Å². The van der Waals surface area contributed by atoms with E-state index in [1.165, 1.54) is 12.2 Å². The third-order valence-electron chi connectivity index (χ3n) is 12.4. The molecule has 6 rings (SSSR count). The van der Waals surface area contributed by atoms with E-state index in [4.69, 9.17) is 28.4 Å². The van der Waals surface area contributed by atoms with Gasteiger partial charge in [0.25, 0.3) is 0 Å². The number of carbonyl (C=O) groups excluding carboxylic acids is 4. The molecule has 3 aliphatic carbocycles. The van der Waals surface area contributed by atoms with Crippen LogP contribution in [-0.2, 0) is 47.6 Å². The smallest absolute Gasteiger partial charge is 0.348 e. The van der Waals surface area contributed by atoms with E-state index in [2.05, 4.69) is 0 Å². The van der Waals surface area contributed by atoms with E-state index in [1.807, 2.05) is 13.8 Å². The Hall–Kier alpha value is -2.96. The minimum absolute atomic E-state index is 0.0294. The highest BCUT2D eigenvalue weighted by atomic mass is 16.7. The molecule has 3 heterocycles. The van der Waals surface area contributed by atoms with Gasteiger partial charge in [-0.1, -0.05) is 33.3 Å². The van der Waals surface area contributed by atoms with Gasteiger partial charge < -0.3 is 59.1 Å². The zero-order valence-corrected chi connectivity index (χ0v) is 28.6. The molecule has 278 valence electrons. The number of hydrogen-bond donors (Lipinski definition) is 6. The molecule has 2 saturated carbocycles. The average Bonchev–Trinajstić information content (AvgIpc) is 3.38. The zero-order chi connectivity index (χ0) is 36.8. The van der Waals surface area contributed by atoms with Gasteiger partial charge in [-0.2, -0.15) is 0 Å². The lowest BCUT2D eigenvalue weighted by molar-refractivity contribution is -0.296. The molecule has 16 heteroatoms. The van der Waals surface area contributed by atoms with Crippen molar-refractivity contribution in [1.82, 2.24) is 0 Å². The van der Waals surface area contributed by atoms with Crippen LogP contribution in [-0.4, -0.2) is 135 Å². The molecule has 3 aliphatic heterocycles. The van der Waals surface area contributed by atoms with Crippen molar-refractivity contribution in [2.45, 2.75) is 102 Å². The van der Waals surface area contributed by atoms with Crippen molar-refractivity contribution in [3.63, 3.8) is 0 Å². The van der Waals surface area contributed by atoms with E-state index < -0.39 is 126 Å². The Balaban J connectivity index is 1.47. The Bertz CT molecular complexity index is 1490. The maximum atomic E-state index is 13.8. The number of allylic oxidation sites excluding steroid dienone is 3. The number of ketones is 1. The summed E-state index contributed by atoms with van der Waals surface area (Å²) in [5.41, 5.74) is -4.45. The fourth-order valence-electron chi connectivity index (χ4n) is 9.69.